The van der Waals surface area contributed by atoms with Crippen molar-refractivity contribution in [2.24, 2.45) is 5.73 Å². The summed E-state index contributed by atoms with van der Waals surface area (Å²) in [5.41, 5.74) is 6.22. The van der Waals surface area contributed by atoms with Gasteiger partial charge in [-0.05, 0) is 20.3 Å². The fraction of sp³-hybridized carbons (Fsp3) is 0.583. The minimum Gasteiger partial charge on any atom is -0.368 e. The van der Waals surface area contributed by atoms with Gasteiger partial charge in [0.15, 0.2) is 5.52 Å². The van der Waals surface area contributed by atoms with E-state index in [-0.39, 0.29) is 24.3 Å². The van der Waals surface area contributed by atoms with Gasteiger partial charge in [-0.3, -0.25) is 10.2 Å². The Kier molecular flexibility index (Phi) is 4.32. The fourth-order valence-corrected chi connectivity index (χ4v) is 1.90. The summed E-state index contributed by atoms with van der Waals surface area (Å²) in [6.45, 7) is 5.70. The molecule has 0 aromatic carbocycles. The number of nitrogens with zero attached hydrogens (tertiary/aromatic N) is 5. The van der Waals surface area contributed by atoms with Crippen molar-refractivity contribution in [3.05, 3.63) is 16.0 Å². The third-order valence-corrected chi connectivity index (χ3v) is 2.87. The largest absolute Gasteiger partial charge is 0.368 e. The van der Waals surface area contributed by atoms with Crippen LogP contribution in [0.25, 0.3) is 11.0 Å². The Hall–Kier alpha value is -2.29. The van der Waals surface area contributed by atoms with E-state index in [1.165, 1.54) is 0 Å². The Morgan fingerprint density at radius 1 is 1.48 bits per heavy atom. The van der Waals surface area contributed by atoms with Gasteiger partial charge in [0.1, 0.15) is 12.2 Å². The van der Waals surface area contributed by atoms with E-state index >= 15 is 0 Å². The highest BCUT2D eigenvalue weighted by atomic mass is 16.5. The van der Waals surface area contributed by atoms with Crippen molar-refractivity contribution in [3.8, 4) is 0 Å². The van der Waals surface area contributed by atoms with E-state index in [0.29, 0.717) is 17.6 Å². The quantitative estimate of drug-likeness (QED) is 0.593. The molecular formula is C12H19N7O2. The van der Waals surface area contributed by atoms with Gasteiger partial charge in [-0.1, -0.05) is 18.6 Å². The van der Waals surface area contributed by atoms with Gasteiger partial charge in [0.25, 0.3) is 5.56 Å². The zero-order chi connectivity index (χ0) is 15.6. The average Bonchev–Trinajstić information content (AvgIpc) is 2.78. The van der Waals surface area contributed by atoms with E-state index in [1.807, 2.05) is 20.8 Å². The maximum absolute atomic E-state index is 12.5. The van der Waals surface area contributed by atoms with Crippen LogP contribution < -0.4 is 11.3 Å². The molecule has 0 saturated heterocycles. The topological polar surface area (TPSA) is 125 Å². The standard InChI is InChI=1S/C12H19N7O2/c1-4-5-8-9-10(19(16-8)12(13)14)11(20)18(17-15-9)6-21-7(2)3/h7H,4-6H2,1-3H3,(H3,13,14). The zero-order valence-corrected chi connectivity index (χ0v) is 12.3. The molecule has 0 spiro atoms. The van der Waals surface area contributed by atoms with E-state index in [9.17, 15) is 4.79 Å². The number of nitrogens with two attached hydrogens (primary N) is 1. The summed E-state index contributed by atoms with van der Waals surface area (Å²) in [4.78, 5) is 12.5. The molecular weight excluding hydrogens is 274 g/mol. The summed E-state index contributed by atoms with van der Waals surface area (Å²) in [7, 11) is 0. The van der Waals surface area contributed by atoms with Crippen LogP contribution in [0.4, 0.5) is 0 Å². The molecule has 0 unspecified atom stereocenters. The maximum Gasteiger partial charge on any atom is 0.298 e. The van der Waals surface area contributed by atoms with Gasteiger partial charge in [-0.15, -0.1) is 5.10 Å². The third-order valence-electron chi connectivity index (χ3n) is 2.87. The number of ether oxygens (including phenoxy) is 1. The Labute approximate surface area is 121 Å². The predicted molar refractivity (Wildman–Crippen MR) is 77.1 cm³/mol. The predicted octanol–water partition coefficient (Wildman–Crippen LogP) is 0.0646. The first kappa shape index (κ1) is 15.1. The van der Waals surface area contributed by atoms with Crippen molar-refractivity contribution < 1.29 is 4.74 Å². The van der Waals surface area contributed by atoms with Crippen LogP contribution in [-0.2, 0) is 17.9 Å². The highest BCUT2D eigenvalue weighted by molar-refractivity contribution is 5.89. The molecule has 0 aliphatic carbocycles. The van der Waals surface area contributed by atoms with Crippen molar-refractivity contribution in [2.45, 2.75) is 46.4 Å². The smallest absolute Gasteiger partial charge is 0.298 e. The molecule has 9 heteroatoms. The number of nitrogens with one attached hydrogen (secondary N) is 1. The third kappa shape index (κ3) is 2.92. The first-order valence-corrected chi connectivity index (χ1v) is 6.77. The fourth-order valence-electron chi connectivity index (χ4n) is 1.90. The van der Waals surface area contributed by atoms with Gasteiger partial charge in [0, 0.05) is 0 Å². The number of aryl methyl sites for hydroxylation is 1. The molecule has 0 radical (unpaired) electrons. The van der Waals surface area contributed by atoms with Crippen LogP contribution in [0, 0.1) is 5.41 Å². The van der Waals surface area contributed by atoms with Gasteiger partial charge >= 0.3 is 0 Å². The van der Waals surface area contributed by atoms with Crippen LogP contribution >= 0.6 is 0 Å². The summed E-state index contributed by atoms with van der Waals surface area (Å²) >= 11 is 0. The molecule has 0 bridgehead atoms. The molecule has 0 saturated carbocycles. The molecule has 3 N–H and O–H groups in total. The number of hydrogen-bond donors (Lipinski definition) is 2. The van der Waals surface area contributed by atoms with Crippen LogP contribution in [-0.4, -0.2) is 36.8 Å². The number of aromatic nitrogens is 5. The Bertz CT molecular complexity index is 716. The Morgan fingerprint density at radius 3 is 2.76 bits per heavy atom. The second kappa shape index (κ2) is 6.00. The minimum absolute atomic E-state index is 0.00830. The summed E-state index contributed by atoms with van der Waals surface area (Å²) < 4.78 is 7.55. The van der Waals surface area contributed by atoms with E-state index < -0.39 is 5.56 Å². The van der Waals surface area contributed by atoms with Crippen molar-refractivity contribution in [1.29, 1.82) is 5.41 Å². The molecule has 0 atom stereocenters. The highest BCUT2D eigenvalue weighted by Gasteiger charge is 2.18. The normalized spacial score (nSPS) is 11.4. The number of hydrogen-bond acceptors (Lipinski definition) is 6. The summed E-state index contributed by atoms with van der Waals surface area (Å²) in [6.07, 6.45) is 1.44. The van der Waals surface area contributed by atoms with E-state index in [1.54, 1.807) is 0 Å². The van der Waals surface area contributed by atoms with Gasteiger partial charge in [-0.2, -0.15) is 14.5 Å². The number of fused-ring (bicyclic) bond motifs is 1. The lowest BCUT2D eigenvalue weighted by atomic mass is 10.2. The number of rotatable bonds is 5. The number of nitrogen functional groups attached to an aromatic ring is 1. The second-order valence-electron chi connectivity index (χ2n) is 4.93. The van der Waals surface area contributed by atoms with Crippen LogP contribution in [0.1, 0.15) is 32.9 Å². The molecule has 0 fully saturated rings. The van der Waals surface area contributed by atoms with Crippen molar-refractivity contribution in [3.63, 3.8) is 0 Å². The molecule has 0 aliphatic heterocycles. The van der Waals surface area contributed by atoms with E-state index in [0.717, 1.165) is 15.8 Å². The van der Waals surface area contributed by atoms with Gasteiger partial charge < -0.3 is 10.5 Å². The molecule has 114 valence electrons. The lowest BCUT2D eigenvalue weighted by Crippen LogP contribution is -2.31. The van der Waals surface area contributed by atoms with Crippen LogP contribution in [0.5, 0.6) is 0 Å². The lowest BCUT2D eigenvalue weighted by molar-refractivity contribution is 0.0182. The van der Waals surface area contributed by atoms with Gasteiger partial charge in [0.2, 0.25) is 5.96 Å². The zero-order valence-electron chi connectivity index (χ0n) is 12.3. The Balaban J connectivity index is 2.59. The highest BCUT2D eigenvalue weighted by Crippen LogP contribution is 2.13. The minimum atomic E-state index is -0.425. The molecule has 2 heterocycles. The molecule has 9 nitrogen and oxygen atoms in total. The van der Waals surface area contributed by atoms with Crippen LogP contribution in [0.15, 0.2) is 4.79 Å². The van der Waals surface area contributed by atoms with Crippen LogP contribution in [0.2, 0.25) is 0 Å². The monoisotopic (exact) mass is 293 g/mol. The van der Waals surface area contributed by atoms with Crippen LogP contribution in [0.3, 0.4) is 0 Å². The molecule has 2 rings (SSSR count). The van der Waals surface area contributed by atoms with Gasteiger partial charge in [-0.25, -0.2) is 0 Å². The van der Waals surface area contributed by atoms with Crippen molar-refractivity contribution >= 4 is 17.0 Å². The summed E-state index contributed by atoms with van der Waals surface area (Å²) in [6, 6.07) is 0. The summed E-state index contributed by atoms with van der Waals surface area (Å²) in [5.74, 6) is -0.330. The van der Waals surface area contributed by atoms with Crippen molar-refractivity contribution in [2.75, 3.05) is 0 Å². The Morgan fingerprint density at radius 2 is 2.19 bits per heavy atom. The molecule has 0 amide bonds. The first-order valence-electron chi connectivity index (χ1n) is 6.77. The molecule has 21 heavy (non-hydrogen) atoms. The lowest BCUT2D eigenvalue weighted by Gasteiger charge is -2.08. The first-order chi connectivity index (χ1) is 9.95. The van der Waals surface area contributed by atoms with Crippen molar-refractivity contribution in [1.82, 2.24) is 24.8 Å². The molecule has 2 aromatic heterocycles. The molecule has 0 aliphatic rings. The average molecular weight is 293 g/mol. The SMILES string of the molecule is CCCc1nn(C(=N)N)c2c(=O)n(COC(C)C)nnc12. The maximum atomic E-state index is 12.5. The van der Waals surface area contributed by atoms with E-state index in [4.69, 9.17) is 15.9 Å². The van der Waals surface area contributed by atoms with Gasteiger partial charge in [0.05, 0.1) is 11.8 Å². The second-order valence-corrected chi connectivity index (χ2v) is 4.93. The van der Waals surface area contributed by atoms with E-state index in [2.05, 4.69) is 15.4 Å². The molecule has 2 aromatic rings. The summed E-state index contributed by atoms with van der Waals surface area (Å²) in [5, 5.41) is 19.6.